The van der Waals surface area contributed by atoms with Gasteiger partial charge in [0, 0.05) is 17.1 Å². The monoisotopic (exact) mass is 418 g/mol. The Morgan fingerprint density at radius 3 is 2.46 bits per heavy atom. The van der Waals surface area contributed by atoms with Crippen molar-refractivity contribution >= 4 is 27.7 Å². The second-order valence-electron chi connectivity index (χ2n) is 6.00. The number of nitrogens with two attached hydrogens (primary N) is 1. The molecule has 2 rings (SSSR count). The number of carbonyl (C=O) groups excluding carboxylic acids is 2. The molecular weight excluding hydrogens is 396 g/mol. The van der Waals surface area contributed by atoms with Gasteiger partial charge in [-0.1, -0.05) is 41.4 Å². The molecule has 138 valence electrons. The van der Waals surface area contributed by atoms with Crippen LogP contribution in [0.2, 0.25) is 0 Å². The van der Waals surface area contributed by atoms with Gasteiger partial charge in [0.1, 0.15) is 11.8 Å². The number of rotatable bonds is 8. The smallest absolute Gasteiger partial charge is 0.254 e. The highest BCUT2D eigenvalue weighted by molar-refractivity contribution is 9.10. The predicted molar refractivity (Wildman–Crippen MR) is 105 cm³/mol. The first-order chi connectivity index (χ1) is 12.4. The number of carbonyl (C=O) groups is 2. The molecule has 2 aromatic rings. The summed E-state index contributed by atoms with van der Waals surface area (Å²) in [6.45, 7) is 2.75. The zero-order valence-corrected chi connectivity index (χ0v) is 16.5. The van der Waals surface area contributed by atoms with Crippen LogP contribution in [0, 0.1) is 0 Å². The summed E-state index contributed by atoms with van der Waals surface area (Å²) in [5, 5.41) is 0. The van der Waals surface area contributed by atoms with Crippen molar-refractivity contribution in [2.24, 2.45) is 5.73 Å². The lowest BCUT2D eigenvalue weighted by Crippen LogP contribution is -2.39. The Morgan fingerprint density at radius 1 is 1.19 bits per heavy atom. The van der Waals surface area contributed by atoms with E-state index in [1.165, 1.54) is 4.90 Å². The zero-order chi connectivity index (χ0) is 19.1. The number of primary amides is 1. The minimum Gasteiger partial charge on any atom is -0.494 e. The molecule has 0 aliphatic rings. The van der Waals surface area contributed by atoms with Gasteiger partial charge in [0.05, 0.1) is 6.61 Å². The van der Waals surface area contributed by atoms with Crippen molar-refractivity contribution in [3.63, 3.8) is 0 Å². The van der Waals surface area contributed by atoms with Crippen molar-refractivity contribution in [2.75, 3.05) is 13.7 Å². The third-order valence-electron chi connectivity index (χ3n) is 4.01. The molecule has 26 heavy (non-hydrogen) atoms. The van der Waals surface area contributed by atoms with Gasteiger partial charge in [0.15, 0.2) is 0 Å². The molecule has 0 heterocycles. The Kier molecular flexibility index (Phi) is 7.21. The van der Waals surface area contributed by atoms with Crippen LogP contribution in [-0.2, 0) is 4.79 Å². The van der Waals surface area contributed by atoms with E-state index in [0.717, 1.165) is 23.1 Å². The highest BCUT2D eigenvalue weighted by Gasteiger charge is 2.27. The maximum absolute atomic E-state index is 12.8. The molecule has 2 aromatic carbocycles. The van der Waals surface area contributed by atoms with E-state index in [2.05, 4.69) is 22.9 Å². The Balaban J connectivity index is 2.17. The zero-order valence-electron chi connectivity index (χ0n) is 14.9. The first-order valence-corrected chi connectivity index (χ1v) is 9.28. The van der Waals surface area contributed by atoms with Crippen molar-refractivity contribution in [2.45, 2.75) is 25.8 Å². The van der Waals surface area contributed by atoms with Gasteiger partial charge in [0.2, 0.25) is 5.91 Å². The lowest BCUT2D eigenvalue weighted by atomic mass is 10.0. The maximum Gasteiger partial charge on any atom is 0.254 e. The lowest BCUT2D eigenvalue weighted by Gasteiger charge is -2.26. The molecule has 1 atom stereocenters. The number of hydrogen-bond donors (Lipinski definition) is 1. The fraction of sp³-hybridized carbons (Fsp3) is 0.300. The Bertz CT molecular complexity index is 762. The van der Waals surface area contributed by atoms with Gasteiger partial charge in [-0.15, -0.1) is 0 Å². The number of halogens is 1. The average molecular weight is 419 g/mol. The second-order valence-corrected chi connectivity index (χ2v) is 6.92. The molecule has 2 N–H and O–H groups in total. The van der Waals surface area contributed by atoms with Crippen LogP contribution < -0.4 is 10.5 Å². The van der Waals surface area contributed by atoms with Crippen molar-refractivity contribution in [3.05, 3.63) is 64.1 Å². The summed E-state index contributed by atoms with van der Waals surface area (Å²) in [7, 11) is 1.57. The van der Waals surface area contributed by atoms with E-state index in [9.17, 15) is 9.59 Å². The predicted octanol–water partition coefficient (Wildman–Crippen LogP) is 3.93. The molecule has 0 fully saturated rings. The van der Waals surface area contributed by atoms with Crippen LogP contribution in [0.5, 0.6) is 5.75 Å². The van der Waals surface area contributed by atoms with Crippen LogP contribution in [0.4, 0.5) is 0 Å². The Labute approximate surface area is 162 Å². The normalized spacial score (nSPS) is 11.7. The van der Waals surface area contributed by atoms with E-state index in [1.807, 2.05) is 6.07 Å². The van der Waals surface area contributed by atoms with Crippen LogP contribution in [0.15, 0.2) is 53.0 Å². The highest BCUT2D eigenvalue weighted by atomic mass is 79.9. The molecule has 0 aliphatic heterocycles. The standard InChI is InChI=1S/C20H23BrN2O3/c1-3-4-12-26-17-10-8-14(9-11-17)20(25)23(2)18(19(22)24)15-6-5-7-16(21)13-15/h5-11,13,18H,3-4,12H2,1-2H3,(H2,22,24). The van der Waals surface area contributed by atoms with Gasteiger partial charge in [-0.3, -0.25) is 9.59 Å². The van der Waals surface area contributed by atoms with E-state index in [1.54, 1.807) is 49.5 Å². The number of nitrogens with zero attached hydrogens (tertiary/aromatic N) is 1. The number of ether oxygens (including phenoxy) is 1. The lowest BCUT2D eigenvalue weighted by molar-refractivity contribution is -0.122. The number of unbranched alkanes of at least 4 members (excludes halogenated alkanes) is 1. The molecule has 6 heteroatoms. The van der Waals surface area contributed by atoms with Crippen molar-refractivity contribution in [1.82, 2.24) is 4.90 Å². The summed E-state index contributed by atoms with van der Waals surface area (Å²) < 4.78 is 6.42. The van der Waals surface area contributed by atoms with E-state index < -0.39 is 11.9 Å². The minimum atomic E-state index is -0.847. The quantitative estimate of drug-likeness (QED) is 0.659. The van der Waals surface area contributed by atoms with Gasteiger partial charge >= 0.3 is 0 Å². The van der Waals surface area contributed by atoms with Crippen LogP contribution in [0.3, 0.4) is 0 Å². The summed E-state index contributed by atoms with van der Waals surface area (Å²) in [6, 6.07) is 13.3. The van der Waals surface area contributed by atoms with E-state index in [-0.39, 0.29) is 5.91 Å². The van der Waals surface area contributed by atoms with Crippen molar-refractivity contribution < 1.29 is 14.3 Å². The molecule has 0 saturated heterocycles. The van der Waals surface area contributed by atoms with Crippen LogP contribution in [0.25, 0.3) is 0 Å². The van der Waals surface area contributed by atoms with Gasteiger partial charge in [-0.2, -0.15) is 0 Å². The third kappa shape index (κ3) is 5.08. The molecule has 0 radical (unpaired) electrons. The first-order valence-electron chi connectivity index (χ1n) is 8.48. The van der Waals surface area contributed by atoms with Gasteiger partial charge in [0.25, 0.3) is 5.91 Å². The molecule has 0 spiro atoms. The van der Waals surface area contributed by atoms with Crippen LogP contribution in [-0.4, -0.2) is 30.4 Å². The fourth-order valence-corrected chi connectivity index (χ4v) is 3.02. The molecule has 1 unspecified atom stereocenters. The number of hydrogen-bond acceptors (Lipinski definition) is 3. The second kappa shape index (κ2) is 9.38. The molecule has 0 bridgehead atoms. The fourth-order valence-electron chi connectivity index (χ4n) is 2.60. The van der Waals surface area contributed by atoms with Gasteiger partial charge in [-0.25, -0.2) is 0 Å². The highest BCUT2D eigenvalue weighted by Crippen LogP contribution is 2.24. The molecular formula is C20H23BrN2O3. The molecule has 0 saturated carbocycles. The molecule has 0 aliphatic carbocycles. The van der Waals surface area contributed by atoms with E-state index in [4.69, 9.17) is 10.5 Å². The van der Waals surface area contributed by atoms with Crippen LogP contribution >= 0.6 is 15.9 Å². The van der Waals surface area contributed by atoms with Crippen molar-refractivity contribution in [3.8, 4) is 5.75 Å². The molecule has 0 aromatic heterocycles. The molecule has 2 amide bonds. The maximum atomic E-state index is 12.8. The Morgan fingerprint density at radius 2 is 1.88 bits per heavy atom. The molecule has 5 nitrogen and oxygen atoms in total. The number of amides is 2. The number of likely N-dealkylation sites (N-methyl/N-ethyl adjacent to an activating group) is 1. The van der Waals surface area contributed by atoms with Gasteiger partial charge < -0.3 is 15.4 Å². The largest absolute Gasteiger partial charge is 0.494 e. The summed E-state index contributed by atoms with van der Waals surface area (Å²) in [6.07, 6.45) is 2.04. The topological polar surface area (TPSA) is 72.6 Å². The minimum absolute atomic E-state index is 0.283. The third-order valence-corrected chi connectivity index (χ3v) is 4.50. The summed E-state index contributed by atoms with van der Waals surface area (Å²) in [5.41, 5.74) is 6.68. The van der Waals surface area contributed by atoms with Crippen molar-refractivity contribution in [1.29, 1.82) is 0 Å². The SMILES string of the molecule is CCCCOc1ccc(C(=O)N(C)C(C(N)=O)c2cccc(Br)c2)cc1. The average Bonchev–Trinajstić information content (AvgIpc) is 2.62. The van der Waals surface area contributed by atoms with Crippen LogP contribution in [0.1, 0.15) is 41.7 Å². The Hall–Kier alpha value is -2.34. The van der Waals surface area contributed by atoms with E-state index >= 15 is 0 Å². The summed E-state index contributed by atoms with van der Waals surface area (Å²) in [5.74, 6) is -0.150. The first kappa shape index (κ1) is 20.0. The number of benzene rings is 2. The summed E-state index contributed by atoms with van der Waals surface area (Å²) >= 11 is 3.37. The van der Waals surface area contributed by atoms with Gasteiger partial charge in [-0.05, 0) is 48.4 Å². The van der Waals surface area contributed by atoms with E-state index in [0.29, 0.717) is 17.7 Å². The summed E-state index contributed by atoms with van der Waals surface area (Å²) in [4.78, 5) is 26.1.